The Morgan fingerprint density at radius 3 is 2.47 bits per heavy atom. The molecule has 2 aromatic carbocycles. The Kier molecular flexibility index (Phi) is 5.16. The van der Waals surface area contributed by atoms with Crippen LogP contribution in [0.4, 0.5) is 0 Å². The molecule has 2 aromatic rings. The van der Waals surface area contributed by atoms with Gasteiger partial charge in [0.15, 0.2) is 0 Å². The predicted molar refractivity (Wildman–Crippen MR) is 119 cm³/mol. The first-order valence-corrected chi connectivity index (χ1v) is 11.3. The van der Waals surface area contributed by atoms with Crippen LogP contribution in [0.2, 0.25) is 0 Å². The Hall–Kier alpha value is -3.28. The third-order valence-corrected chi connectivity index (χ3v) is 6.83. The van der Waals surface area contributed by atoms with Gasteiger partial charge in [0, 0.05) is 18.0 Å². The number of Topliss-reactive ketones (excluding diaryl/α,β-unsaturated/α-hetero) is 1. The number of benzene rings is 2. The fourth-order valence-corrected chi connectivity index (χ4v) is 5.29. The summed E-state index contributed by atoms with van der Waals surface area (Å²) in [6.45, 7) is 1.99. The van der Waals surface area contributed by atoms with Crippen LogP contribution < -0.4 is 4.74 Å². The van der Waals surface area contributed by atoms with E-state index in [4.69, 9.17) is 4.74 Å². The lowest BCUT2D eigenvalue weighted by molar-refractivity contribution is -0.141. The number of aromatic hydroxyl groups is 1. The highest BCUT2D eigenvalue weighted by molar-refractivity contribution is 6.46. The summed E-state index contributed by atoms with van der Waals surface area (Å²) in [6, 6.07) is 11.2. The molecule has 2 atom stereocenters. The summed E-state index contributed by atoms with van der Waals surface area (Å²) in [4.78, 5) is 28.1. The van der Waals surface area contributed by atoms with Gasteiger partial charge in [0.1, 0.15) is 23.4 Å². The van der Waals surface area contributed by atoms with Crippen LogP contribution in [-0.2, 0) is 16.0 Å². The van der Waals surface area contributed by atoms with Gasteiger partial charge in [-0.1, -0.05) is 31.4 Å². The first-order chi connectivity index (χ1) is 15.4. The van der Waals surface area contributed by atoms with Crippen molar-refractivity contribution in [2.75, 3.05) is 0 Å². The summed E-state index contributed by atoms with van der Waals surface area (Å²) < 4.78 is 5.75. The molecule has 1 saturated carbocycles. The second-order valence-electron chi connectivity index (χ2n) is 9.04. The quantitative estimate of drug-likeness (QED) is 0.424. The number of aliphatic hydroxyl groups is 1. The zero-order valence-corrected chi connectivity index (χ0v) is 18.1. The molecule has 166 valence electrons. The Labute approximate surface area is 187 Å². The zero-order chi connectivity index (χ0) is 22.4. The number of likely N-dealkylation sites (tertiary alicyclic amines) is 1. The van der Waals surface area contributed by atoms with Crippen LogP contribution in [0, 0.1) is 0 Å². The van der Waals surface area contributed by atoms with Crippen molar-refractivity contribution in [1.82, 2.24) is 4.90 Å². The van der Waals surface area contributed by atoms with Crippen molar-refractivity contribution in [2.24, 2.45) is 0 Å². The summed E-state index contributed by atoms with van der Waals surface area (Å²) in [5.74, 6) is -0.490. The number of fused-ring (bicyclic) bond motifs is 1. The maximum Gasteiger partial charge on any atom is 0.295 e. The molecule has 0 radical (unpaired) electrons. The van der Waals surface area contributed by atoms with E-state index in [0.717, 1.165) is 49.8 Å². The topological polar surface area (TPSA) is 87.1 Å². The molecule has 2 fully saturated rings. The third kappa shape index (κ3) is 3.44. The van der Waals surface area contributed by atoms with Crippen LogP contribution >= 0.6 is 0 Å². The summed E-state index contributed by atoms with van der Waals surface area (Å²) >= 11 is 0. The van der Waals surface area contributed by atoms with E-state index in [1.807, 2.05) is 13.0 Å². The highest BCUT2D eigenvalue weighted by atomic mass is 16.5. The standard InChI is InChI=1S/C26H27NO5/c1-15-13-18-14-17(9-12-21(18)32-15)24(29)22-23(16-7-10-20(28)11-8-16)27(26(31)25(22)30)19-5-3-2-4-6-19/h7-12,14-15,19,23,28-29H,2-6,13H2,1H3/b24-22-. The molecule has 0 bridgehead atoms. The second-order valence-corrected chi connectivity index (χ2v) is 9.04. The van der Waals surface area contributed by atoms with Crippen LogP contribution in [0.5, 0.6) is 11.5 Å². The summed E-state index contributed by atoms with van der Waals surface area (Å²) in [6.07, 6.45) is 5.63. The molecule has 2 unspecified atom stereocenters. The van der Waals surface area contributed by atoms with Crippen LogP contribution in [0.15, 0.2) is 48.0 Å². The van der Waals surface area contributed by atoms with Gasteiger partial charge in [0.2, 0.25) is 0 Å². The molecule has 5 rings (SSSR count). The van der Waals surface area contributed by atoms with E-state index in [1.54, 1.807) is 41.3 Å². The number of hydrogen-bond donors (Lipinski definition) is 2. The van der Waals surface area contributed by atoms with E-state index in [1.165, 1.54) is 0 Å². The van der Waals surface area contributed by atoms with Gasteiger partial charge < -0.3 is 19.8 Å². The van der Waals surface area contributed by atoms with Gasteiger partial charge in [-0.2, -0.15) is 0 Å². The molecule has 3 aliphatic rings. The Balaban J connectivity index is 1.63. The van der Waals surface area contributed by atoms with Gasteiger partial charge in [-0.15, -0.1) is 0 Å². The van der Waals surface area contributed by atoms with E-state index in [9.17, 15) is 19.8 Å². The number of hydrogen-bond acceptors (Lipinski definition) is 5. The van der Waals surface area contributed by atoms with Crippen LogP contribution in [0.25, 0.3) is 5.76 Å². The number of phenols is 1. The minimum Gasteiger partial charge on any atom is -0.508 e. The molecule has 2 aliphatic heterocycles. The predicted octanol–water partition coefficient (Wildman–Crippen LogP) is 4.47. The van der Waals surface area contributed by atoms with E-state index >= 15 is 0 Å². The smallest absolute Gasteiger partial charge is 0.295 e. The van der Waals surface area contributed by atoms with Crippen LogP contribution in [0.1, 0.15) is 61.8 Å². The van der Waals surface area contributed by atoms with Gasteiger partial charge in [-0.25, -0.2) is 0 Å². The monoisotopic (exact) mass is 433 g/mol. The van der Waals surface area contributed by atoms with E-state index in [0.29, 0.717) is 11.1 Å². The summed E-state index contributed by atoms with van der Waals surface area (Å²) in [5.41, 5.74) is 2.29. The average molecular weight is 434 g/mol. The van der Waals surface area contributed by atoms with Gasteiger partial charge in [0.05, 0.1) is 11.6 Å². The van der Waals surface area contributed by atoms with Crippen molar-refractivity contribution in [3.8, 4) is 11.5 Å². The molecule has 1 saturated heterocycles. The number of aliphatic hydroxyl groups excluding tert-OH is 1. The van der Waals surface area contributed by atoms with E-state index < -0.39 is 17.7 Å². The van der Waals surface area contributed by atoms with Crippen LogP contribution in [0.3, 0.4) is 0 Å². The van der Waals surface area contributed by atoms with E-state index in [2.05, 4.69) is 0 Å². The highest BCUT2D eigenvalue weighted by Crippen LogP contribution is 2.44. The molecule has 1 amide bonds. The Bertz CT molecular complexity index is 1100. The number of rotatable bonds is 3. The minimum atomic E-state index is -0.679. The average Bonchev–Trinajstić information content (AvgIpc) is 3.30. The largest absolute Gasteiger partial charge is 0.508 e. The van der Waals surface area contributed by atoms with Gasteiger partial charge in [-0.05, 0) is 61.2 Å². The molecule has 6 nitrogen and oxygen atoms in total. The highest BCUT2D eigenvalue weighted by Gasteiger charge is 2.48. The lowest BCUT2D eigenvalue weighted by atomic mass is 9.90. The normalized spacial score (nSPS) is 25.1. The number of carbonyl (C=O) groups excluding carboxylic acids is 2. The molecule has 0 aromatic heterocycles. The maximum absolute atomic E-state index is 13.2. The molecular weight excluding hydrogens is 406 g/mol. The van der Waals surface area contributed by atoms with Crippen molar-refractivity contribution in [3.63, 3.8) is 0 Å². The molecule has 6 heteroatoms. The lowest BCUT2D eigenvalue weighted by Crippen LogP contribution is -2.40. The molecule has 0 spiro atoms. The SMILES string of the molecule is CC1Cc2cc(/C(O)=C3/C(=O)C(=O)N(C4CCCCC4)C3c3ccc(O)cc3)ccc2O1. The van der Waals surface area contributed by atoms with Gasteiger partial charge in [0.25, 0.3) is 11.7 Å². The van der Waals surface area contributed by atoms with Crippen molar-refractivity contribution in [1.29, 1.82) is 0 Å². The number of amides is 1. The molecule has 1 aliphatic carbocycles. The van der Waals surface area contributed by atoms with Crippen molar-refractivity contribution in [2.45, 2.75) is 63.6 Å². The molecule has 32 heavy (non-hydrogen) atoms. The number of nitrogens with zero attached hydrogens (tertiary/aromatic N) is 1. The number of ether oxygens (including phenoxy) is 1. The Morgan fingerprint density at radius 1 is 1.03 bits per heavy atom. The fraction of sp³-hybridized carbons (Fsp3) is 0.385. The lowest BCUT2D eigenvalue weighted by Gasteiger charge is -2.35. The summed E-state index contributed by atoms with van der Waals surface area (Å²) in [5, 5.41) is 21.1. The second kappa shape index (κ2) is 8.01. The van der Waals surface area contributed by atoms with Crippen molar-refractivity contribution < 1.29 is 24.5 Å². The summed E-state index contributed by atoms with van der Waals surface area (Å²) in [7, 11) is 0. The molecular formula is C26H27NO5. The van der Waals surface area contributed by atoms with Crippen LogP contribution in [-0.4, -0.2) is 38.9 Å². The fourth-order valence-electron chi connectivity index (χ4n) is 5.29. The van der Waals surface area contributed by atoms with Gasteiger partial charge in [-0.3, -0.25) is 9.59 Å². The minimum absolute atomic E-state index is 0.0430. The Morgan fingerprint density at radius 2 is 1.75 bits per heavy atom. The van der Waals surface area contributed by atoms with Crippen molar-refractivity contribution >= 4 is 17.4 Å². The molecule has 2 heterocycles. The molecule has 2 N–H and O–H groups in total. The van der Waals surface area contributed by atoms with E-state index in [-0.39, 0.29) is 29.2 Å². The maximum atomic E-state index is 13.2. The number of ketones is 1. The number of carbonyl (C=O) groups is 2. The van der Waals surface area contributed by atoms with Gasteiger partial charge >= 0.3 is 0 Å². The zero-order valence-electron chi connectivity index (χ0n) is 18.1. The van der Waals surface area contributed by atoms with Crippen molar-refractivity contribution in [3.05, 3.63) is 64.7 Å². The first-order valence-electron chi connectivity index (χ1n) is 11.3. The number of phenolic OH excluding ortho intramolecular Hbond substituents is 1. The first kappa shape index (κ1) is 20.6. The third-order valence-electron chi connectivity index (χ3n) is 6.83.